The van der Waals surface area contributed by atoms with Crippen LogP contribution in [0.4, 0.5) is 10.8 Å². The molecule has 29 heavy (non-hydrogen) atoms. The molecule has 0 bridgehead atoms. The molecule has 0 saturated heterocycles. The van der Waals surface area contributed by atoms with E-state index in [2.05, 4.69) is 25.3 Å². The number of sulfone groups is 1. The van der Waals surface area contributed by atoms with Crippen molar-refractivity contribution in [3.8, 4) is 11.4 Å². The molecule has 1 amide bonds. The van der Waals surface area contributed by atoms with Crippen molar-refractivity contribution >= 4 is 71.1 Å². The second-order valence-corrected chi connectivity index (χ2v) is 10.1. The van der Waals surface area contributed by atoms with Crippen LogP contribution in [-0.4, -0.2) is 55.2 Å². The Bertz CT molecular complexity index is 1230. The van der Waals surface area contributed by atoms with Gasteiger partial charge in [0, 0.05) is 36.2 Å². The van der Waals surface area contributed by atoms with Gasteiger partial charge in [0.25, 0.3) is 0 Å². The standard InChI is InChI=1S/C14H13ClN6O5S3/c1-7(22)18-14-19-9-5-17-12(20-13(9)27-14)8-3-10(11(15)16-4-8)21(28(23)24)6-29(2,25)26/h3-5H,6H2,1-2H3,(H,23,24)(H,18,19,22)/p-1. The molecule has 15 heteroatoms. The predicted octanol–water partition coefficient (Wildman–Crippen LogP) is 1.36. The second kappa shape index (κ2) is 8.23. The highest BCUT2D eigenvalue weighted by atomic mass is 35.5. The first kappa shape index (κ1) is 21.4. The first-order valence-corrected chi connectivity index (χ1v) is 11.9. The van der Waals surface area contributed by atoms with Crippen molar-refractivity contribution in [2.45, 2.75) is 6.92 Å². The van der Waals surface area contributed by atoms with Gasteiger partial charge in [0.15, 0.2) is 25.9 Å². The largest absolute Gasteiger partial charge is 0.755 e. The van der Waals surface area contributed by atoms with Crippen LogP contribution in [0.3, 0.4) is 0 Å². The number of aromatic nitrogens is 4. The Morgan fingerprint density at radius 1 is 1.34 bits per heavy atom. The highest BCUT2D eigenvalue weighted by Crippen LogP contribution is 2.31. The van der Waals surface area contributed by atoms with Crippen molar-refractivity contribution in [3.05, 3.63) is 23.6 Å². The topological polar surface area (TPSA) is 158 Å². The SMILES string of the molecule is CC(=O)Nc1nc2cnc(-c3cnc(Cl)c(N(CS(C)(=O)=O)S(=O)[O-])c3)nc2s1. The number of carbonyl (C=O) groups is 1. The minimum absolute atomic E-state index is 0.130. The lowest BCUT2D eigenvalue weighted by molar-refractivity contribution is -0.114. The second-order valence-electron chi connectivity index (χ2n) is 5.77. The van der Waals surface area contributed by atoms with Gasteiger partial charge in [0.05, 0.1) is 11.9 Å². The molecule has 0 aliphatic rings. The smallest absolute Gasteiger partial charge is 0.223 e. The van der Waals surface area contributed by atoms with Gasteiger partial charge in [-0.2, -0.15) is 0 Å². The molecule has 154 valence electrons. The number of amides is 1. The summed E-state index contributed by atoms with van der Waals surface area (Å²) in [5, 5.41) is 2.71. The first-order chi connectivity index (χ1) is 13.5. The van der Waals surface area contributed by atoms with Crippen LogP contribution in [0.2, 0.25) is 5.15 Å². The van der Waals surface area contributed by atoms with Crippen molar-refractivity contribution in [2.24, 2.45) is 0 Å². The molecule has 0 aliphatic carbocycles. The summed E-state index contributed by atoms with van der Waals surface area (Å²) in [6.45, 7) is 1.35. The summed E-state index contributed by atoms with van der Waals surface area (Å²) >= 11 is 4.21. The maximum atomic E-state index is 11.6. The molecule has 0 aromatic carbocycles. The van der Waals surface area contributed by atoms with Gasteiger partial charge in [-0.15, -0.1) is 0 Å². The van der Waals surface area contributed by atoms with Crippen LogP contribution in [0.15, 0.2) is 18.5 Å². The maximum absolute atomic E-state index is 11.6. The number of anilines is 2. The Morgan fingerprint density at radius 3 is 2.69 bits per heavy atom. The van der Waals surface area contributed by atoms with Crippen LogP contribution in [0.1, 0.15) is 6.92 Å². The molecular formula is C14H12ClN6O5S3-. The highest BCUT2D eigenvalue weighted by molar-refractivity contribution is 7.92. The molecule has 3 rings (SSSR count). The lowest BCUT2D eigenvalue weighted by Crippen LogP contribution is -2.31. The first-order valence-electron chi connectivity index (χ1n) is 7.65. The molecule has 3 aromatic heterocycles. The summed E-state index contributed by atoms with van der Waals surface area (Å²) in [4.78, 5) is 28.3. The van der Waals surface area contributed by atoms with Crippen LogP contribution >= 0.6 is 22.9 Å². The van der Waals surface area contributed by atoms with E-state index in [0.29, 0.717) is 25.3 Å². The van der Waals surface area contributed by atoms with Gasteiger partial charge in [0.1, 0.15) is 16.2 Å². The Morgan fingerprint density at radius 2 is 2.07 bits per heavy atom. The van der Waals surface area contributed by atoms with Crippen LogP contribution < -0.4 is 9.62 Å². The molecule has 3 heterocycles. The fraction of sp³-hybridized carbons (Fsp3) is 0.214. The minimum atomic E-state index is -3.67. The quantitative estimate of drug-likeness (QED) is 0.410. The summed E-state index contributed by atoms with van der Waals surface area (Å²) in [6.07, 6.45) is 3.66. The number of nitrogens with one attached hydrogen (secondary N) is 1. The molecule has 0 aliphatic heterocycles. The van der Waals surface area contributed by atoms with Crippen LogP contribution in [0.5, 0.6) is 0 Å². The van der Waals surface area contributed by atoms with E-state index in [0.717, 1.165) is 17.6 Å². The Hall–Kier alpha value is -2.26. The van der Waals surface area contributed by atoms with E-state index in [4.69, 9.17) is 11.6 Å². The number of halogens is 1. The van der Waals surface area contributed by atoms with Gasteiger partial charge in [-0.3, -0.25) is 13.3 Å². The van der Waals surface area contributed by atoms with Crippen LogP contribution in [0, 0.1) is 0 Å². The number of hydrogen-bond acceptors (Lipinski definition) is 10. The number of nitrogens with zero attached hydrogens (tertiary/aromatic N) is 5. The number of carbonyl (C=O) groups excluding carboxylic acids is 1. The number of hydrogen-bond donors (Lipinski definition) is 1. The van der Waals surface area contributed by atoms with Gasteiger partial charge < -0.3 is 9.87 Å². The third-order valence-electron chi connectivity index (χ3n) is 3.31. The number of pyridine rings is 1. The molecule has 1 N–H and O–H groups in total. The van der Waals surface area contributed by atoms with E-state index in [1.165, 1.54) is 25.4 Å². The molecule has 3 aromatic rings. The van der Waals surface area contributed by atoms with Crippen molar-refractivity contribution in [1.82, 2.24) is 19.9 Å². The highest BCUT2D eigenvalue weighted by Gasteiger charge is 2.19. The molecule has 0 spiro atoms. The summed E-state index contributed by atoms with van der Waals surface area (Å²) in [6, 6.07) is 1.33. The zero-order chi connectivity index (χ0) is 21.3. The van der Waals surface area contributed by atoms with Gasteiger partial charge >= 0.3 is 0 Å². The van der Waals surface area contributed by atoms with Gasteiger partial charge in [-0.25, -0.2) is 28.4 Å². The maximum Gasteiger partial charge on any atom is 0.223 e. The Labute approximate surface area is 176 Å². The molecular weight excluding hydrogens is 464 g/mol. The van der Waals surface area contributed by atoms with E-state index >= 15 is 0 Å². The average molecular weight is 476 g/mol. The lowest BCUT2D eigenvalue weighted by atomic mass is 10.2. The van der Waals surface area contributed by atoms with Crippen LogP contribution in [0.25, 0.3) is 21.7 Å². The van der Waals surface area contributed by atoms with Crippen molar-refractivity contribution < 1.29 is 22.0 Å². The molecule has 0 fully saturated rings. The van der Waals surface area contributed by atoms with Crippen LogP contribution in [-0.2, 0) is 25.9 Å². The molecule has 0 radical (unpaired) electrons. The molecule has 1 unspecified atom stereocenters. The molecule has 11 nitrogen and oxygen atoms in total. The predicted molar refractivity (Wildman–Crippen MR) is 109 cm³/mol. The van der Waals surface area contributed by atoms with Gasteiger partial charge in [0.2, 0.25) is 5.91 Å². The lowest BCUT2D eigenvalue weighted by Gasteiger charge is -2.26. The minimum Gasteiger partial charge on any atom is -0.755 e. The summed E-state index contributed by atoms with van der Waals surface area (Å²) in [5.74, 6) is -0.889. The summed E-state index contributed by atoms with van der Waals surface area (Å²) in [5.41, 5.74) is 0.642. The third kappa shape index (κ3) is 5.22. The normalized spacial score (nSPS) is 12.7. The van der Waals surface area contributed by atoms with E-state index < -0.39 is 27.0 Å². The van der Waals surface area contributed by atoms with Crippen molar-refractivity contribution in [3.63, 3.8) is 0 Å². The third-order valence-corrected chi connectivity index (χ3v) is 6.06. The average Bonchev–Trinajstić information content (AvgIpc) is 2.99. The van der Waals surface area contributed by atoms with E-state index in [9.17, 15) is 22.0 Å². The Balaban J connectivity index is 2.04. The zero-order valence-corrected chi connectivity index (χ0v) is 18.0. The number of fused-ring (bicyclic) bond motifs is 1. The van der Waals surface area contributed by atoms with E-state index in [-0.39, 0.29) is 22.6 Å². The summed E-state index contributed by atoms with van der Waals surface area (Å²) in [7, 11) is -3.67. The van der Waals surface area contributed by atoms with E-state index in [1.54, 1.807) is 0 Å². The van der Waals surface area contributed by atoms with Crippen molar-refractivity contribution in [1.29, 1.82) is 0 Å². The summed E-state index contributed by atoms with van der Waals surface area (Å²) < 4.78 is 46.8. The van der Waals surface area contributed by atoms with Gasteiger partial charge in [-0.05, 0) is 6.07 Å². The molecule has 1 atom stereocenters. The zero-order valence-electron chi connectivity index (χ0n) is 14.8. The van der Waals surface area contributed by atoms with Crippen molar-refractivity contribution in [2.75, 3.05) is 21.8 Å². The number of thiazole rings is 1. The van der Waals surface area contributed by atoms with E-state index in [1.807, 2.05) is 0 Å². The van der Waals surface area contributed by atoms with Gasteiger partial charge in [-0.1, -0.05) is 22.9 Å². The fourth-order valence-corrected chi connectivity index (χ4v) is 5.11. The molecule has 0 saturated carbocycles. The fourth-order valence-electron chi connectivity index (χ4n) is 2.22. The Kier molecular flexibility index (Phi) is 6.09. The number of rotatable bonds is 6. The monoisotopic (exact) mass is 475 g/mol.